The first-order valence-electron chi connectivity index (χ1n) is 6.12. The van der Waals surface area contributed by atoms with Gasteiger partial charge >= 0.3 is 6.18 Å². The number of hydrogen-bond donors (Lipinski definition) is 2. The molecule has 1 rings (SSSR count). The van der Waals surface area contributed by atoms with E-state index in [2.05, 4.69) is 5.32 Å². The van der Waals surface area contributed by atoms with Crippen molar-refractivity contribution in [1.82, 2.24) is 0 Å². The summed E-state index contributed by atoms with van der Waals surface area (Å²) >= 11 is 0. The molecule has 0 aliphatic heterocycles. The third-order valence-corrected chi connectivity index (χ3v) is 3.50. The van der Waals surface area contributed by atoms with E-state index in [0.717, 1.165) is 12.1 Å². The van der Waals surface area contributed by atoms with Crippen LogP contribution >= 0.6 is 0 Å². The molecule has 1 aromatic rings. The number of benzene rings is 1. The minimum atomic E-state index is -4.75. The molecule has 0 amide bonds. The summed E-state index contributed by atoms with van der Waals surface area (Å²) in [5.41, 5.74) is -4.50. The van der Waals surface area contributed by atoms with Crippen molar-refractivity contribution in [3.63, 3.8) is 0 Å². The summed E-state index contributed by atoms with van der Waals surface area (Å²) in [6.45, 7) is 5.99. The zero-order valence-electron chi connectivity index (χ0n) is 12.1. The maximum absolute atomic E-state index is 13.0. The summed E-state index contributed by atoms with van der Waals surface area (Å²) in [6, 6.07) is 2.45. The lowest BCUT2D eigenvalue weighted by Gasteiger charge is -2.39. The summed E-state index contributed by atoms with van der Waals surface area (Å²) < 4.78 is 39.1. The molecule has 2 N–H and O–H groups in total. The molecule has 0 radical (unpaired) electrons. The van der Waals surface area contributed by atoms with Gasteiger partial charge in [-0.2, -0.15) is 13.2 Å². The third kappa shape index (κ3) is 3.84. The van der Waals surface area contributed by atoms with E-state index in [1.54, 1.807) is 0 Å². The number of nitrogens with one attached hydrogen (secondary N) is 1. The molecule has 21 heavy (non-hydrogen) atoms. The van der Waals surface area contributed by atoms with Gasteiger partial charge in [0.1, 0.15) is 0 Å². The van der Waals surface area contributed by atoms with Crippen LogP contribution in [0.15, 0.2) is 18.2 Å². The lowest BCUT2D eigenvalue weighted by Crippen LogP contribution is -2.51. The Morgan fingerprint density at radius 3 is 2.10 bits per heavy atom. The SMILES string of the molecule is CC(C)(O)C(C)(C)Nc1ccc([N+](=O)[O-])cc1C(F)(F)F. The van der Waals surface area contributed by atoms with E-state index in [0.29, 0.717) is 6.07 Å². The largest absolute Gasteiger partial charge is 0.418 e. The van der Waals surface area contributed by atoms with Gasteiger partial charge in [-0.3, -0.25) is 10.1 Å². The van der Waals surface area contributed by atoms with Gasteiger partial charge in [0.15, 0.2) is 0 Å². The zero-order valence-corrected chi connectivity index (χ0v) is 12.1. The van der Waals surface area contributed by atoms with Gasteiger partial charge in [0, 0.05) is 17.8 Å². The van der Waals surface area contributed by atoms with Gasteiger partial charge in [0.2, 0.25) is 0 Å². The summed E-state index contributed by atoms with van der Waals surface area (Å²) in [7, 11) is 0. The first-order chi connectivity index (χ1) is 9.25. The normalized spacial score (nSPS) is 13.1. The van der Waals surface area contributed by atoms with E-state index in [4.69, 9.17) is 0 Å². The van der Waals surface area contributed by atoms with Crippen LogP contribution in [0.25, 0.3) is 0 Å². The molecule has 1 aromatic carbocycles. The number of alkyl halides is 3. The first kappa shape index (κ1) is 17.2. The molecule has 5 nitrogen and oxygen atoms in total. The molecule has 0 unspecified atom stereocenters. The summed E-state index contributed by atoms with van der Waals surface area (Å²) in [6.07, 6.45) is -4.75. The van der Waals surface area contributed by atoms with Crippen LogP contribution in [0.2, 0.25) is 0 Å². The Morgan fingerprint density at radius 1 is 1.19 bits per heavy atom. The third-order valence-electron chi connectivity index (χ3n) is 3.50. The number of nitro groups is 1. The van der Waals surface area contributed by atoms with Crippen molar-refractivity contribution in [1.29, 1.82) is 0 Å². The summed E-state index contributed by atoms with van der Waals surface area (Å²) in [5.74, 6) is 0. The van der Waals surface area contributed by atoms with E-state index in [1.807, 2.05) is 0 Å². The van der Waals surface area contributed by atoms with Crippen molar-refractivity contribution >= 4 is 11.4 Å². The van der Waals surface area contributed by atoms with Gasteiger partial charge in [0.25, 0.3) is 5.69 Å². The highest BCUT2D eigenvalue weighted by atomic mass is 19.4. The van der Waals surface area contributed by atoms with Crippen LogP contribution in [0.1, 0.15) is 33.3 Å². The van der Waals surface area contributed by atoms with Crippen molar-refractivity contribution in [2.45, 2.75) is 45.0 Å². The predicted octanol–water partition coefficient (Wildman–Crippen LogP) is 3.58. The van der Waals surface area contributed by atoms with E-state index in [9.17, 15) is 28.4 Å². The van der Waals surface area contributed by atoms with Crippen molar-refractivity contribution < 1.29 is 23.2 Å². The zero-order chi connectivity index (χ0) is 16.6. The van der Waals surface area contributed by atoms with E-state index in [1.165, 1.54) is 27.7 Å². The fourth-order valence-corrected chi connectivity index (χ4v) is 1.48. The molecule has 0 spiro atoms. The second-order valence-corrected chi connectivity index (χ2v) is 5.79. The van der Waals surface area contributed by atoms with Gasteiger partial charge in [-0.1, -0.05) is 0 Å². The molecule has 0 saturated carbocycles. The number of rotatable bonds is 4. The van der Waals surface area contributed by atoms with Crippen molar-refractivity contribution in [3.8, 4) is 0 Å². The highest BCUT2D eigenvalue weighted by molar-refractivity contribution is 5.58. The molecule has 0 bridgehead atoms. The maximum atomic E-state index is 13.0. The Hall–Kier alpha value is -1.83. The Morgan fingerprint density at radius 2 is 1.71 bits per heavy atom. The second-order valence-electron chi connectivity index (χ2n) is 5.79. The minimum absolute atomic E-state index is 0.319. The van der Waals surface area contributed by atoms with Crippen molar-refractivity contribution in [2.24, 2.45) is 0 Å². The molecular formula is C13H17F3N2O3. The number of nitro benzene ring substituents is 1. The molecule has 0 aliphatic rings. The van der Waals surface area contributed by atoms with Crippen molar-refractivity contribution in [2.75, 3.05) is 5.32 Å². The van der Waals surface area contributed by atoms with Crippen LogP contribution < -0.4 is 5.32 Å². The van der Waals surface area contributed by atoms with Gasteiger partial charge in [-0.05, 0) is 33.8 Å². The lowest BCUT2D eigenvalue weighted by atomic mass is 9.85. The molecule has 0 aromatic heterocycles. The van der Waals surface area contributed by atoms with Gasteiger partial charge in [0.05, 0.1) is 21.6 Å². The van der Waals surface area contributed by atoms with Crippen LogP contribution in [0, 0.1) is 10.1 Å². The maximum Gasteiger partial charge on any atom is 0.418 e. The van der Waals surface area contributed by atoms with Gasteiger partial charge in [-0.25, -0.2) is 0 Å². The van der Waals surface area contributed by atoms with Crippen LogP contribution in [-0.4, -0.2) is 21.2 Å². The Kier molecular flexibility index (Phi) is 4.24. The summed E-state index contributed by atoms with van der Waals surface area (Å²) in [5, 5.41) is 23.2. The van der Waals surface area contributed by atoms with E-state index >= 15 is 0 Å². The molecule has 0 heterocycles. The van der Waals surface area contributed by atoms with Crippen LogP contribution in [0.5, 0.6) is 0 Å². The monoisotopic (exact) mass is 306 g/mol. The number of hydrogen-bond acceptors (Lipinski definition) is 4. The smallest absolute Gasteiger partial charge is 0.388 e. The summed E-state index contributed by atoms with van der Waals surface area (Å²) in [4.78, 5) is 9.72. The molecule has 0 fully saturated rings. The molecule has 0 saturated heterocycles. The molecular weight excluding hydrogens is 289 g/mol. The highest BCUT2D eigenvalue weighted by Gasteiger charge is 2.40. The predicted molar refractivity (Wildman–Crippen MR) is 72.1 cm³/mol. The molecule has 118 valence electrons. The Labute approximate surface area is 119 Å². The molecule has 0 aliphatic carbocycles. The fourth-order valence-electron chi connectivity index (χ4n) is 1.48. The first-order valence-corrected chi connectivity index (χ1v) is 6.12. The average Bonchev–Trinajstić information content (AvgIpc) is 2.25. The number of aliphatic hydroxyl groups is 1. The highest BCUT2D eigenvalue weighted by Crippen LogP contribution is 2.39. The second kappa shape index (κ2) is 5.18. The number of nitrogens with zero attached hydrogens (tertiary/aromatic N) is 1. The van der Waals surface area contributed by atoms with E-state index in [-0.39, 0.29) is 5.69 Å². The number of non-ortho nitro benzene ring substituents is 1. The number of halogens is 3. The van der Waals surface area contributed by atoms with Crippen molar-refractivity contribution in [3.05, 3.63) is 33.9 Å². The van der Waals surface area contributed by atoms with Crippen LogP contribution in [0.3, 0.4) is 0 Å². The standard InChI is InChI=1S/C13H17F3N2O3/c1-11(2,12(3,4)19)17-10-6-5-8(18(20)21)7-9(10)13(14,15)16/h5-7,17,19H,1-4H3. The van der Waals surface area contributed by atoms with Gasteiger partial charge < -0.3 is 10.4 Å². The molecule has 8 heteroatoms. The number of anilines is 1. The molecule has 0 atom stereocenters. The fraction of sp³-hybridized carbons (Fsp3) is 0.538. The lowest BCUT2D eigenvalue weighted by molar-refractivity contribution is -0.385. The van der Waals surface area contributed by atoms with Gasteiger partial charge in [-0.15, -0.1) is 0 Å². The Balaban J connectivity index is 3.34. The average molecular weight is 306 g/mol. The topological polar surface area (TPSA) is 75.4 Å². The van der Waals surface area contributed by atoms with E-state index < -0.39 is 33.5 Å². The van der Waals surface area contributed by atoms with Crippen LogP contribution in [0.4, 0.5) is 24.5 Å². The quantitative estimate of drug-likeness (QED) is 0.658. The Bertz CT molecular complexity index is 549. The minimum Gasteiger partial charge on any atom is -0.388 e. The van der Waals surface area contributed by atoms with Crippen LogP contribution in [-0.2, 0) is 6.18 Å².